The molecule has 0 amide bonds. The molecule has 1 fully saturated rings. The molecule has 1 saturated heterocycles. The van der Waals surface area contributed by atoms with Crippen molar-refractivity contribution < 1.29 is 14.3 Å². The lowest BCUT2D eigenvalue weighted by molar-refractivity contribution is -0.120. The Kier molecular flexibility index (Phi) is 12.2. The molecule has 1 N–H and O–H groups in total. The number of fused-ring (bicyclic) bond motifs is 4. The van der Waals surface area contributed by atoms with E-state index in [0.717, 1.165) is 126 Å². The third-order valence-electron chi connectivity index (χ3n) is 11.5. The number of Topliss-reactive ketones (excluding diaryl/α,β-unsaturated/α-hetero) is 2. The van der Waals surface area contributed by atoms with E-state index in [4.69, 9.17) is 29.7 Å². The summed E-state index contributed by atoms with van der Waals surface area (Å²) in [5, 5.41) is 13.5. The monoisotopic (exact) mass is 840 g/mol. The van der Waals surface area contributed by atoms with Crippen LogP contribution in [0.5, 0.6) is 0 Å². The number of ether oxygens (including phenoxy) is 1. The summed E-state index contributed by atoms with van der Waals surface area (Å²) in [6.45, 7) is 14.0. The lowest BCUT2D eigenvalue weighted by Gasteiger charge is -2.23. The van der Waals surface area contributed by atoms with Gasteiger partial charge in [-0.25, -0.2) is 24.6 Å². The highest BCUT2D eigenvalue weighted by Crippen LogP contribution is 2.34. The van der Waals surface area contributed by atoms with Crippen molar-refractivity contribution in [1.82, 2.24) is 49.9 Å². The Bertz CT molecular complexity index is 2600. The van der Waals surface area contributed by atoms with E-state index < -0.39 is 0 Å². The first-order chi connectivity index (χ1) is 29.6. The van der Waals surface area contributed by atoms with E-state index in [-0.39, 0.29) is 28.6 Å². The molecule has 9 rings (SSSR count). The maximum atomic E-state index is 12.7. The van der Waals surface area contributed by atoms with Crippen LogP contribution in [0.3, 0.4) is 0 Å². The number of hydrogen-bond acceptors (Lipinski definition) is 13. The molecule has 62 heavy (non-hydrogen) atoms. The highest BCUT2D eigenvalue weighted by atomic mass is 16.5. The van der Waals surface area contributed by atoms with E-state index >= 15 is 0 Å². The SMILES string of the molecule is CN(CC(=O)CC(C)(C)C)c1nc(-c2cc3cn[nH]c3cn2)nc2c1CCC2.CN(CC(=O)CC(C)(C)C)c1nc(-c2cc3cnn(C4CCCCO4)c3cn2)nc2c1CCC2. The molecule has 1 aliphatic heterocycles. The minimum Gasteiger partial charge on any atom is -0.356 e. The normalized spacial score (nSPS) is 16.2. The highest BCUT2D eigenvalue weighted by molar-refractivity contribution is 5.85. The maximum absolute atomic E-state index is 12.7. The smallest absolute Gasteiger partial charge is 0.180 e. The Hall–Kier alpha value is -5.70. The number of pyridine rings is 2. The fourth-order valence-corrected chi connectivity index (χ4v) is 8.84. The van der Waals surface area contributed by atoms with Gasteiger partial charge >= 0.3 is 0 Å². The average Bonchev–Trinajstić information content (AvgIpc) is 4.05. The number of anilines is 2. The van der Waals surface area contributed by atoms with Crippen molar-refractivity contribution >= 4 is 45.0 Å². The molecule has 1 atom stereocenters. The van der Waals surface area contributed by atoms with Gasteiger partial charge in [0.1, 0.15) is 23.0 Å². The van der Waals surface area contributed by atoms with Crippen molar-refractivity contribution in [3.63, 3.8) is 0 Å². The van der Waals surface area contributed by atoms with E-state index in [0.29, 0.717) is 37.6 Å². The van der Waals surface area contributed by atoms with Gasteiger partial charge in [-0.2, -0.15) is 10.2 Å². The molecule has 1 unspecified atom stereocenters. The van der Waals surface area contributed by atoms with Crippen LogP contribution in [0, 0.1) is 10.8 Å². The van der Waals surface area contributed by atoms with E-state index in [2.05, 4.69) is 61.8 Å². The third kappa shape index (κ3) is 9.83. The van der Waals surface area contributed by atoms with Crippen molar-refractivity contribution in [2.45, 2.75) is 118 Å². The van der Waals surface area contributed by atoms with Crippen LogP contribution in [0.25, 0.3) is 44.8 Å². The molecule has 0 radical (unpaired) electrons. The molecule has 326 valence electrons. The van der Waals surface area contributed by atoms with Gasteiger partial charge in [0.2, 0.25) is 0 Å². The number of rotatable bonds is 11. The lowest BCUT2D eigenvalue weighted by Crippen LogP contribution is -2.30. The minimum absolute atomic E-state index is 0.0133. The molecule has 15 heteroatoms. The number of aryl methyl sites for hydroxylation is 2. The maximum Gasteiger partial charge on any atom is 0.180 e. The van der Waals surface area contributed by atoms with Gasteiger partial charge in [0.25, 0.3) is 0 Å². The second kappa shape index (κ2) is 17.6. The predicted octanol–water partition coefficient (Wildman–Crippen LogP) is 7.86. The lowest BCUT2D eigenvalue weighted by atomic mass is 9.90. The summed E-state index contributed by atoms with van der Waals surface area (Å²) in [6.07, 6.45) is 17.4. The summed E-state index contributed by atoms with van der Waals surface area (Å²) in [5.74, 6) is 3.36. The molecule has 6 aromatic heterocycles. The summed E-state index contributed by atoms with van der Waals surface area (Å²) in [7, 11) is 3.90. The average molecular weight is 841 g/mol. The quantitative estimate of drug-likeness (QED) is 0.134. The van der Waals surface area contributed by atoms with Gasteiger partial charge < -0.3 is 14.5 Å². The van der Waals surface area contributed by atoms with Crippen molar-refractivity contribution in [3.05, 3.63) is 59.4 Å². The fraction of sp³-hybridized carbons (Fsp3) is 0.532. The van der Waals surface area contributed by atoms with Crippen LogP contribution < -0.4 is 9.80 Å². The van der Waals surface area contributed by atoms with Gasteiger partial charge in [-0.15, -0.1) is 0 Å². The van der Waals surface area contributed by atoms with E-state index in [1.165, 1.54) is 5.56 Å². The molecule has 0 spiro atoms. The molecule has 3 aliphatic rings. The number of ketones is 2. The zero-order valence-electron chi connectivity index (χ0n) is 37.6. The predicted molar refractivity (Wildman–Crippen MR) is 241 cm³/mol. The molecule has 0 bridgehead atoms. The van der Waals surface area contributed by atoms with E-state index in [1.54, 1.807) is 12.4 Å². The van der Waals surface area contributed by atoms with Gasteiger partial charge in [-0.05, 0) is 80.8 Å². The number of carbonyl (C=O) groups excluding carboxylic acids is 2. The number of hydrogen-bond donors (Lipinski definition) is 1. The number of likely N-dealkylation sites (N-methyl/N-ethyl adjacent to an activating group) is 2. The van der Waals surface area contributed by atoms with Crippen LogP contribution in [0.4, 0.5) is 11.6 Å². The second-order valence-corrected chi connectivity index (χ2v) is 19.6. The Labute approximate surface area is 363 Å². The number of aromatic nitrogens is 10. The first-order valence-corrected chi connectivity index (χ1v) is 22.1. The molecule has 0 aromatic carbocycles. The van der Waals surface area contributed by atoms with Gasteiger partial charge in [0, 0.05) is 66.8 Å². The topological polar surface area (TPSA) is 174 Å². The number of nitrogens with zero attached hydrogens (tertiary/aromatic N) is 11. The number of nitrogens with one attached hydrogen (secondary N) is 1. The van der Waals surface area contributed by atoms with E-state index in [1.807, 2.05) is 53.1 Å². The molecular formula is C47H60N12O3. The van der Waals surface area contributed by atoms with Crippen LogP contribution in [-0.2, 0) is 40.0 Å². The van der Waals surface area contributed by atoms with Crippen LogP contribution in [-0.4, -0.2) is 95.2 Å². The van der Waals surface area contributed by atoms with Gasteiger partial charge in [-0.3, -0.25) is 24.7 Å². The molecule has 0 saturated carbocycles. The summed E-state index contributed by atoms with van der Waals surface area (Å²) < 4.78 is 7.85. The van der Waals surface area contributed by atoms with Gasteiger partial charge in [0.05, 0.1) is 48.9 Å². The second-order valence-electron chi connectivity index (χ2n) is 19.6. The van der Waals surface area contributed by atoms with Crippen LogP contribution >= 0.6 is 0 Å². The summed E-state index contributed by atoms with van der Waals surface area (Å²) in [5.41, 5.74) is 7.73. The van der Waals surface area contributed by atoms with Crippen molar-refractivity contribution in [3.8, 4) is 23.0 Å². The zero-order chi connectivity index (χ0) is 43.8. The van der Waals surface area contributed by atoms with Crippen LogP contribution in [0.1, 0.15) is 115 Å². The Balaban J connectivity index is 0.000000174. The highest BCUT2D eigenvalue weighted by Gasteiger charge is 2.27. The standard InChI is InChI=1S/C26H34N6O2.C21H26N6O/c1-26(2,3)13-18(33)16-31(4)25-19-8-7-9-20(19)29-24(30-25)21-12-17-14-28-32(22(17)15-27-21)23-10-5-6-11-34-23;1-21(2,3)9-14(28)12-27(4)20-15-6-5-7-16(15)24-19(25-20)17-8-13-10-23-26-18(13)11-22-17/h12,14-15,23H,5-11,13,16H2,1-4H3;8,10-11H,5-7,9,12H2,1-4H3,(H,23,26). The third-order valence-corrected chi connectivity index (χ3v) is 11.5. The van der Waals surface area contributed by atoms with Crippen molar-refractivity contribution in [2.24, 2.45) is 10.8 Å². The zero-order valence-corrected chi connectivity index (χ0v) is 37.6. The summed E-state index contributed by atoms with van der Waals surface area (Å²) in [6, 6.07) is 3.96. The first-order valence-electron chi connectivity index (χ1n) is 22.1. The van der Waals surface area contributed by atoms with Crippen molar-refractivity contribution in [2.75, 3.05) is 43.6 Å². The first kappa shape index (κ1) is 43.0. The van der Waals surface area contributed by atoms with Gasteiger partial charge in [-0.1, -0.05) is 41.5 Å². The number of aromatic amines is 1. The van der Waals surface area contributed by atoms with Crippen LogP contribution in [0.2, 0.25) is 0 Å². The Morgan fingerprint density at radius 2 is 1.27 bits per heavy atom. The molecule has 15 nitrogen and oxygen atoms in total. The minimum atomic E-state index is -0.0268. The number of H-pyrrole nitrogens is 1. The number of carbonyl (C=O) groups is 2. The largest absolute Gasteiger partial charge is 0.356 e. The molecule has 6 aromatic rings. The summed E-state index contributed by atoms with van der Waals surface area (Å²) in [4.78, 5) is 57.7. The Morgan fingerprint density at radius 3 is 1.82 bits per heavy atom. The van der Waals surface area contributed by atoms with Crippen molar-refractivity contribution in [1.29, 1.82) is 0 Å². The van der Waals surface area contributed by atoms with Gasteiger partial charge in [0.15, 0.2) is 29.4 Å². The fourth-order valence-electron chi connectivity index (χ4n) is 8.84. The molecule has 7 heterocycles. The Morgan fingerprint density at radius 1 is 0.710 bits per heavy atom. The molecule has 2 aliphatic carbocycles. The summed E-state index contributed by atoms with van der Waals surface area (Å²) >= 11 is 0. The molecular weight excluding hydrogens is 781 g/mol. The van der Waals surface area contributed by atoms with E-state index in [9.17, 15) is 9.59 Å². The van der Waals surface area contributed by atoms with Crippen LogP contribution in [0.15, 0.2) is 36.9 Å².